The van der Waals surface area contributed by atoms with E-state index in [9.17, 15) is 9.59 Å². The number of aliphatic carboxylic acids is 1. The second kappa shape index (κ2) is 3.65. The van der Waals surface area contributed by atoms with E-state index >= 15 is 0 Å². The van der Waals surface area contributed by atoms with E-state index in [0.717, 1.165) is 6.08 Å². The molecule has 0 heterocycles. The van der Waals surface area contributed by atoms with Crippen molar-refractivity contribution in [2.75, 3.05) is 0 Å². The van der Waals surface area contributed by atoms with Crippen LogP contribution in [0.4, 0.5) is 0 Å². The highest BCUT2D eigenvalue weighted by molar-refractivity contribution is 5.80. The molecule has 0 aromatic heterocycles. The Labute approximate surface area is 51.7 Å². The van der Waals surface area contributed by atoms with Crippen molar-refractivity contribution in [2.24, 2.45) is 0 Å². The number of carbonyl (C=O) groups excluding carboxylic acids is 1. The fourth-order valence-corrected chi connectivity index (χ4v) is 0.284. The zero-order valence-electron chi connectivity index (χ0n) is 4.83. The smallest absolute Gasteiger partial charge is 0.331 e. The topological polar surface area (TPSA) is 63.6 Å². The van der Waals surface area contributed by atoms with Crippen LogP contribution < -0.4 is 0 Å². The second-order valence-corrected chi connectivity index (χ2v) is 1.31. The monoisotopic (exact) mass is 130 g/mol. The van der Waals surface area contributed by atoms with E-state index in [4.69, 9.17) is 5.11 Å². The molecule has 0 fully saturated rings. The zero-order valence-corrected chi connectivity index (χ0v) is 4.83. The van der Waals surface area contributed by atoms with Crippen molar-refractivity contribution in [3.63, 3.8) is 0 Å². The maximum Gasteiger partial charge on any atom is 0.331 e. The van der Waals surface area contributed by atoms with Gasteiger partial charge in [0.05, 0.1) is 6.08 Å². The molecule has 0 atom stereocenters. The van der Waals surface area contributed by atoms with E-state index in [1.54, 1.807) is 0 Å². The Morgan fingerprint density at radius 3 is 2.56 bits per heavy atom. The SMILES string of the molecule is C/C(=C\C(=O)O)OC=O. The highest BCUT2D eigenvalue weighted by Gasteiger charge is 1.91. The maximum atomic E-state index is 9.81. The molecular formula is C5H6O4. The molecule has 0 amide bonds. The van der Waals surface area contributed by atoms with Crippen LogP contribution >= 0.6 is 0 Å². The largest absolute Gasteiger partial charge is 0.478 e. The number of ether oxygens (including phenoxy) is 1. The predicted molar refractivity (Wildman–Crippen MR) is 28.5 cm³/mol. The van der Waals surface area contributed by atoms with Gasteiger partial charge in [-0.25, -0.2) is 4.79 Å². The second-order valence-electron chi connectivity index (χ2n) is 1.31. The summed E-state index contributed by atoms with van der Waals surface area (Å²) in [6.07, 6.45) is 0.800. The van der Waals surface area contributed by atoms with Crippen molar-refractivity contribution < 1.29 is 19.4 Å². The Morgan fingerprint density at radius 2 is 2.22 bits per heavy atom. The van der Waals surface area contributed by atoms with E-state index in [1.807, 2.05) is 0 Å². The first-order valence-corrected chi connectivity index (χ1v) is 2.18. The molecule has 0 spiro atoms. The number of allylic oxidation sites excluding steroid dienone is 1. The number of hydrogen-bond acceptors (Lipinski definition) is 3. The Bertz CT molecular complexity index is 147. The van der Waals surface area contributed by atoms with Crippen LogP contribution in [0.5, 0.6) is 0 Å². The number of carboxylic acids is 1. The molecule has 0 rings (SSSR count). The van der Waals surface area contributed by atoms with Crippen LogP contribution in [0, 0.1) is 0 Å². The van der Waals surface area contributed by atoms with Crippen molar-refractivity contribution in [3.8, 4) is 0 Å². The normalized spacial score (nSPS) is 10.6. The van der Waals surface area contributed by atoms with Crippen LogP contribution in [0.15, 0.2) is 11.8 Å². The Kier molecular flexibility index (Phi) is 3.12. The molecule has 0 aromatic carbocycles. The summed E-state index contributed by atoms with van der Waals surface area (Å²) in [6.45, 7) is 1.55. The van der Waals surface area contributed by atoms with Crippen LogP contribution in [-0.2, 0) is 14.3 Å². The van der Waals surface area contributed by atoms with E-state index in [0.29, 0.717) is 0 Å². The van der Waals surface area contributed by atoms with Crippen LogP contribution in [0.25, 0.3) is 0 Å². The van der Waals surface area contributed by atoms with Crippen LogP contribution in [0.2, 0.25) is 0 Å². The molecule has 0 aliphatic rings. The first kappa shape index (κ1) is 7.68. The molecule has 0 unspecified atom stereocenters. The van der Waals surface area contributed by atoms with Crippen LogP contribution in [-0.4, -0.2) is 17.5 Å². The Morgan fingerprint density at radius 1 is 1.67 bits per heavy atom. The molecule has 0 aromatic rings. The van der Waals surface area contributed by atoms with Crippen molar-refractivity contribution >= 4 is 12.4 Å². The first-order valence-electron chi connectivity index (χ1n) is 2.18. The lowest BCUT2D eigenvalue weighted by atomic mass is 10.5. The van der Waals surface area contributed by atoms with Gasteiger partial charge in [-0.2, -0.15) is 0 Å². The van der Waals surface area contributed by atoms with Gasteiger partial charge in [0.2, 0.25) is 0 Å². The molecule has 0 bridgehead atoms. The molecule has 9 heavy (non-hydrogen) atoms. The Hall–Kier alpha value is -1.32. The van der Waals surface area contributed by atoms with Crippen molar-refractivity contribution in [2.45, 2.75) is 6.92 Å². The third-order valence-electron chi connectivity index (χ3n) is 0.561. The van der Waals surface area contributed by atoms with Gasteiger partial charge in [-0.1, -0.05) is 0 Å². The number of hydrogen-bond donors (Lipinski definition) is 1. The lowest BCUT2D eigenvalue weighted by Crippen LogP contribution is -1.92. The summed E-state index contributed by atoms with van der Waals surface area (Å²) in [5.74, 6) is -1.06. The van der Waals surface area contributed by atoms with Crippen LogP contribution in [0.3, 0.4) is 0 Å². The van der Waals surface area contributed by atoms with Gasteiger partial charge >= 0.3 is 5.97 Å². The van der Waals surface area contributed by atoms with Crippen molar-refractivity contribution in [1.82, 2.24) is 0 Å². The highest BCUT2D eigenvalue weighted by atomic mass is 16.5. The molecule has 0 radical (unpaired) electrons. The minimum absolute atomic E-state index is 0.0671. The molecule has 0 aliphatic heterocycles. The number of rotatable bonds is 3. The molecule has 4 heteroatoms. The standard InChI is InChI=1S/C5H6O4/c1-4(9-3-6)2-5(7)8/h2-3H,1H3,(H,7,8)/b4-2+. The average molecular weight is 130 g/mol. The third kappa shape index (κ3) is 4.53. The zero-order chi connectivity index (χ0) is 7.28. The van der Waals surface area contributed by atoms with Crippen LogP contribution in [0.1, 0.15) is 6.92 Å². The summed E-state index contributed by atoms with van der Waals surface area (Å²) in [5.41, 5.74) is 0. The van der Waals surface area contributed by atoms with E-state index in [2.05, 4.69) is 4.74 Å². The Balaban J connectivity index is 3.83. The lowest BCUT2D eigenvalue weighted by molar-refractivity contribution is -0.131. The fraction of sp³-hybridized carbons (Fsp3) is 0.200. The summed E-state index contributed by atoms with van der Waals surface area (Å²) < 4.78 is 4.15. The molecule has 0 saturated carbocycles. The van der Waals surface area contributed by atoms with E-state index in [-0.39, 0.29) is 12.2 Å². The molecule has 0 saturated heterocycles. The number of carboxylic acid groups (broad SMARTS) is 1. The molecule has 0 aliphatic carbocycles. The van der Waals surface area contributed by atoms with Gasteiger partial charge in [0.1, 0.15) is 5.76 Å². The fourth-order valence-electron chi connectivity index (χ4n) is 0.284. The van der Waals surface area contributed by atoms with Gasteiger partial charge < -0.3 is 9.84 Å². The summed E-state index contributed by atoms with van der Waals surface area (Å²) in [4.78, 5) is 19.4. The molecule has 50 valence electrons. The molecule has 1 N–H and O–H groups in total. The van der Waals surface area contributed by atoms with Gasteiger partial charge in [0, 0.05) is 0 Å². The minimum Gasteiger partial charge on any atom is -0.478 e. The predicted octanol–water partition coefficient (Wildman–Crippen LogP) is 0.148. The van der Waals surface area contributed by atoms with Crippen molar-refractivity contribution in [3.05, 3.63) is 11.8 Å². The third-order valence-corrected chi connectivity index (χ3v) is 0.561. The van der Waals surface area contributed by atoms with E-state index < -0.39 is 5.97 Å². The summed E-state index contributed by atoms with van der Waals surface area (Å²) in [7, 11) is 0. The lowest BCUT2D eigenvalue weighted by Gasteiger charge is -1.90. The highest BCUT2D eigenvalue weighted by Crippen LogP contribution is 1.90. The molecule has 4 nitrogen and oxygen atoms in total. The average Bonchev–Trinajstić information content (AvgIpc) is 1.63. The van der Waals surface area contributed by atoms with Gasteiger partial charge in [0.15, 0.2) is 0 Å². The van der Waals surface area contributed by atoms with Gasteiger partial charge in [-0.3, -0.25) is 4.79 Å². The van der Waals surface area contributed by atoms with Crippen molar-refractivity contribution in [1.29, 1.82) is 0 Å². The van der Waals surface area contributed by atoms with Gasteiger partial charge in [0.25, 0.3) is 6.47 Å². The summed E-state index contributed by atoms with van der Waals surface area (Å²) >= 11 is 0. The van der Waals surface area contributed by atoms with E-state index in [1.165, 1.54) is 6.92 Å². The van der Waals surface area contributed by atoms with Gasteiger partial charge in [-0.15, -0.1) is 0 Å². The minimum atomic E-state index is -1.13. The number of carbonyl (C=O) groups is 2. The maximum absolute atomic E-state index is 9.81. The van der Waals surface area contributed by atoms with Gasteiger partial charge in [-0.05, 0) is 6.92 Å². The molecular weight excluding hydrogens is 124 g/mol. The first-order chi connectivity index (χ1) is 4.16. The summed E-state index contributed by atoms with van der Waals surface area (Å²) in [5, 5.41) is 8.04. The quantitative estimate of drug-likeness (QED) is 0.335. The summed E-state index contributed by atoms with van der Waals surface area (Å²) in [6, 6.07) is 0.